The van der Waals surface area contributed by atoms with Crippen LogP contribution in [0.3, 0.4) is 0 Å². The Morgan fingerprint density at radius 1 is 1.32 bits per heavy atom. The molecule has 1 aromatic carbocycles. The van der Waals surface area contributed by atoms with Gasteiger partial charge in [0.25, 0.3) is 0 Å². The van der Waals surface area contributed by atoms with Gasteiger partial charge in [-0.15, -0.1) is 0 Å². The first-order chi connectivity index (χ1) is 9.08. The lowest BCUT2D eigenvalue weighted by atomic mass is 9.97. The SMILES string of the molecule is CC1CCCC(C)N1C(=O)/C=C/c1cccc(Cl)c1. The summed E-state index contributed by atoms with van der Waals surface area (Å²) in [5, 5.41) is 0.689. The minimum absolute atomic E-state index is 0.0969. The summed E-state index contributed by atoms with van der Waals surface area (Å²) in [7, 11) is 0. The van der Waals surface area contributed by atoms with Crippen LogP contribution in [0.2, 0.25) is 5.02 Å². The molecule has 0 saturated carbocycles. The van der Waals surface area contributed by atoms with Crippen LogP contribution in [-0.4, -0.2) is 22.9 Å². The van der Waals surface area contributed by atoms with Crippen LogP contribution in [0.15, 0.2) is 30.3 Å². The average Bonchev–Trinajstić information content (AvgIpc) is 2.36. The summed E-state index contributed by atoms with van der Waals surface area (Å²) in [4.78, 5) is 14.3. The number of carbonyl (C=O) groups is 1. The van der Waals surface area contributed by atoms with Crippen LogP contribution < -0.4 is 0 Å². The molecule has 1 heterocycles. The Labute approximate surface area is 120 Å². The summed E-state index contributed by atoms with van der Waals surface area (Å²) < 4.78 is 0. The van der Waals surface area contributed by atoms with Gasteiger partial charge in [0.15, 0.2) is 0 Å². The number of rotatable bonds is 2. The van der Waals surface area contributed by atoms with Gasteiger partial charge in [0.2, 0.25) is 5.91 Å². The number of carbonyl (C=O) groups excluding carboxylic acids is 1. The van der Waals surface area contributed by atoms with E-state index in [0.29, 0.717) is 17.1 Å². The second-order valence-corrected chi connectivity index (χ2v) is 5.70. The van der Waals surface area contributed by atoms with E-state index in [-0.39, 0.29) is 5.91 Å². The summed E-state index contributed by atoms with van der Waals surface area (Å²) in [6, 6.07) is 8.18. The van der Waals surface area contributed by atoms with Crippen molar-refractivity contribution in [2.24, 2.45) is 0 Å². The molecule has 19 heavy (non-hydrogen) atoms. The number of hydrogen-bond donors (Lipinski definition) is 0. The van der Waals surface area contributed by atoms with E-state index >= 15 is 0 Å². The molecule has 1 aliphatic heterocycles. The Balaban J connectivity index is 2.07. The number of piperidine rings is 1. The molecule has 2 unspecified atom stereocenters. The van der Waals surface area contributed by atoms with E-state index in [1.807, 2.05) is 35.2 Å². The Bertz CT molecular complexity index is 473. The minimum atomic E-state index is 0.0969. The zero-order chi connectivity index (χ0) is 13.8. The maximum Gasteiger partial charge on any atom is 0.247 e. The van der Waals surface area contributed by atoms with Gasteiger partial charge in [-0.25, -0.2) is 0 Å². The van der Waals surface area contributed by atoms with Crippen LogP contribution in [0.1, 0.15) is 38.7 Å². The van der Waals surface area contributed by atoms with Gasteiger partial charge in [0.1, 0.15) is 0 Å². The highest BCUT2D eigenvalue weighted by atomic mass is 35.5. The molecule has 0 aromatic heterocycles. The van der Waals surface area contributed by atoms with Gasteiger partial charge < -0.3 is 4.90 Å². The van der Waals surface area contributed by atoms with E-state index in [1.165, 1.54) is 6.42 Å². The smallest absolute Gasteiger partial charge is 0.247 e. The Hall–Kier alpha value is -1.28. The van der Waals surface area contributed by atoms with Crippen LogP contribution >= 0.6 is 11.6 Å². The standard InChI is InChI=1S/C16H20ClNO/c1-12-5-3-6-13(2)18(12)16(19)10-9-14-7-4-8-15(17)11-14/h4,7-13H,3,5-6H2,1-2H3/b10-9+. The molecule has 0 spiro atoms. The third-order valence-electron chi connectivity index (χ3n) is 3.72. The van der Waals surface area contributed by atoms with Gasteiger partial charge >= 0.3 is 0 Å². The number of benzene rings is 1. The number of amides is 1. The van der Waals surface area contributed by atoms with Gasteiger partial charge in [-0.2, -0.15) is 0 Å². The van der Waals surface area contributed by atoms with Crippen LogP contribution in [0.5, 0.6) is 0 Å². The summed E-state index contributed by atoms with van der Waals surface area (Å²) in [6.07, 6.45) is 6.90. The van der Waals surface area contributed by atoms with Gasteiger partial charge in [0.05, 0.1) is 0 Å². The monoisotopic (exact) mass is 277 g/mol. The third kappa shape index (κ3) is 3.60. The van der Waals surface area contributed by atoms with Crippen LogP contribution in [0.4, 0.5) is 0 Å². The molecule has 2 nitrogen and oxygen atoms in total. The lowest BCUT2D eigenvalue weighted by Gasteiger charge is -2.38. The molecule has 1 fully saturated rings. The van der Waals surface area contributed by atoms with Crippen molar-refractivity contribution >= 4 is 23.6 Å². The maximum atomic E-state index is 12.3. The normalized spacial score (nSPS) is 23.8. The largest absolute Gasteiger partial charge is 0.334 e. The van der Waals surface area contributed by atoms with Crippen molar-refractivity contribution < 1.29 is 4.79 Å². The molecular weight excluding hydrogens is 258 g/mol. The molecule has 1 amide bonds. The van der Waals surface area contributed by atoms with Crippen LogP contribution in [-0.2, 0) is 4.79 Å². The Morgan fingerprint density at radius 3 is 2.63 bits per heavy atom. The highest BCUT2D eigenvalue weighted by Crippen LogP contribution is 2.23. The molecule has 2 atom stereocenters. The Morgan fingerprint density at radius 2 is 2.00 bits per heavy atom. The maximum absolute atomic E-state index is 12.3. The van der Waals surface area contributed by atoms with Crippen molar-refractivity contribution in [3.05, 3.63) is 40.9 Å². The van der Waals surface area contributed by atoms with Crippen molar-refractivity contribution in [2.75, 3.05) is 0 Å². The topological polar surface area (TPSA) is 20.3 Å². The van der Waals surface area contributed by atoms with E-state index in [4.69, 9.17) is 11.6 Å². The highest BCUT2D eigenvalue weighted by molar-refractivity contribution is 6.30. The number of halogens is 1. The van der Waals surface area contributed by atoms with E-state index in [1.54, 1.807) is 6.08 Å². The number of hydrogen-bond acceptors (Lipinski definition) is 1. The second-order valence-electron chi connectivity index (χ2n) is 5.26. The summed E-state index contributed by atoms with van der Waals surface area (Å²) >= 11 is 5.93. The molecule has 0 N–H and O–H groups in total. The van der Waals surface area contributed by atoms with Crippen LogP contribution in [0, 0.1) is 0 Å². The quantitative estimate of drug-likeness (QED) is 0.744. The van der Waals surface area contributed by atoms with E-state index in [0.717, 1.165) is 18.4 Å². The van der Waals surface area contributed by atoms with E-state index < -0.39 is 0 Å². The zero-order valence-corrected chi connectivity index (χ0v) is 12.2. The molecule has 3 heteroatoms. The molecule has 1 aromatic rings. The molecule has 2 rings (SSSR count). The molecule has 1 aliphatic rings. The lowest BCUT2D eigenvalue weighted by molar-refractivity contribution is -0.131. The number of likely N-dealkylation sites (tertiary alicyclic amines) is 1. The highest BCUT2D eigenvalue weighted by Gasteiger charge is 2.27. The van der Waals surface area contributed by atoms with Crippen molar-refractivity contribution in [1.82, 2.24) is 4.90 Å². The lowest BCUT2D eigenvalue weighted by Crippen LogP contribution is -2.46. The minimum Gasteiger partial charge on any atom is -0.334 e. The fraction of sp³-hybridized carbons (Fsp3) is 0.438. The van der Waals surface area contributed by atoms with Crippen molar-refractivity contribution in [3.63, 3.8) is 0 Å². The first-order valence-corrected chi connectivity index (χ1v) is 7.21. The van der Waals surface area contributed by atoms with Crippen molar-refractivity contribution in [1.29, 1.82) is 0 Å². The summed E-state index contributed by atoms with van der Waals surface area (Å²) in [6.45, 7) is 4.25. The Kier molecular flexibility index (Phi) is 4.65. The number of nitrogens with zero attached hydrogens (tertiary/aromatic N) is 1. The summed E-state index contributed by atoms with van der Waals surface area (Å²) in [5.74, 6) is 0.0969. The van der Waals surface area contributed by atoms with Gasteiger partial charge in [-0.3, -0.25) is 4.79 Å². The van der Waals surface area contributed by atoms with Gasteiger partial charge in [-0.1, -0.05) is 23.7 Å². The first-order valence-electron chi connectivity index (χ1n) is 6.84. The zero-order valence-electron chi connectivity index (χ0n) is 11.5. The van der Waals surface area contributed by atoms with Crippen molar-refractivity contribution in [2.45, 2.75) is 45.2 Å². The van der Waals surface area contributed by atoms with Gasteiger partial charge in [-0.05, 0) is 56.9 Å². The second kappa shape index (κ2) is 6.25. The summed E-state index contributed by atoms with van der Waals surface area (Å²) in [5.41, 5.74) is 0.957. The molecule has 1 saturated heterocycles. The predicted molar refractivity (Wildman–Crippen MR) is 80.1 cm³/mol. The average molecular weight is 278 g/mol. The predicted octanol–water partition coefficient (Wildman–Crippen LogP) is 4.14. The molecule has 0 aliphatic carbocycles. The fourth-order valence-electron chi connectivity index (χ4n) is 2.72. The first kappa shape index (κ1) is 14.1. The van der Waals surface area contributed by atoms with E-state index in [9.17, 15) is 4.79 Å². The molecule has 0 radical (unpaired) electrons. The molecule has 102 valence electrons. The third-order valence-corrected chi connectivity index (χ3v) is 3.95. The van der Waals surface area contributed by atoms with Crippen molar-refractivity contribution in [3.8, 4) is 0 Å². The molecule has 0 bridgehead atoms. The van der Waals surface area contributed by atoms with E-state index in [2.05, 4.69) is 13.8 Å². The molecular formula is C16H20ClNO. The fourth-order valence-corrected chi connectivity index (χ4v) is 2.92. The van der Waals surface area contributed by atoms with Gasteiger partial charge in [0, 0.05) is 23.2 Å². The van der Waals surface area contributed by atoms with Crippen LogP contribution in [0.25, 0.3) is 6.08 Å².